The van der Waals surface area contributed by atoms with Crippen LogP contribution in [0.3, 0.4) is 0 Å². The second-order valence-corrected chi connectivity index (χ2v) is 9.63. The van der Waals surface area contributed by atoms with Crippen molar-refractivity contribution in [2.24, 2.45) is 4.99 Å². The molecular formula is C21H26FN3O3S. The average molecular weight is 420 g/mol. The van der Waals surface area contributed by atoms with Crippen LogP contribution in [-0.4, -0.2) is 39.3 Å². The summed E-state index contributed by atoms with van der Waals surface area (Å²) < 4.78 is 44.7. The van der Waals surface area contributed by atoms with Gasteiger partial charge in [-0.2, -0.15) is 0 Å². The maximum absolute atomic E-state index is 13.8. The average Bonchev–Trinajstić information content (AvgIpc) is 2.66. The quantitative estimate of drug-likeness (QED) is 0.575. The van der Waals surface area contributed by atoms with Gasteiger partial charge in [0.25, 0.3) is 0 Å². The van der Waals surface area contributed by atoms with Crippen LogP contribution >= 0.6 is 0 Å². The van der Waals surface area contributed by atoms with Crippen molar-refractivity contribution < 1.29 is 17.5 Å². The van der Waals surface area contributed by atoms with Gasteiger partial charge in [0.05, 0.1) is 11.8 Å². The van der Waals surface area contributed by atoms with Gasteiger partial charge >= 0.3 is 0 Å². The van der Waals surface area contributed by atoms with Gasteiger partial charge < -0.3 is 15.4 Å². The summed E-state index contributed by atoms with van der Waals surface area (Å²) in [4.78, 5) is 3.91. The standard InChI is InChI=1S/C21H26FN3O3S/c1-21(2)14-17(15-8-4-6-10-18(15)28-21)25-20(23-3)24-12-13-29(26,27)19-11-7-5-9-16(19)22/h4-11,17H,12-14H2,1-3H3,(H2,23,24,25). The number of fused-ring (bicyclic) bond motifs is 1. The normalized spacial score (nSPS) is 18.5. The summed E-state index contributed by atoms with van der Waals surface area (Å²) in [6, 6.07) is 13.2. The van der Waals surface area contributed by atoms with E-state index in [1.54, 1.807) is 7.05 Å². The number of hydrogen-bond donors (Lipinski definition) is 2. The molecule has 156 valence electrons. The van der Waals surface area contributed by atoms with E-state index in [-0.39, 0.29) is 28.8 Å². The Morgan fingerprint density at radius 1 is 1.21 bits per heavy atom. The molecule has 2 aromatic rings. The zero-order valence-electron chi connectivity index (χ0n) is 16.8. The Labute approximate surface area is 171 Å². The van der Waals surface area contributed by atoms with E-state index < -0.39 is 15.7 Å². The summed E-state index contributed by atoms with van der Waals surface area (Å²) in [5.41, 5.74) is 0.674. The molecule has 29 heavy (non-hydrogen) atoms. The van der Waals surface area contributed by atoms with E-state index in [0.717, 1.165) is 23.8 Å². The highest BCUT2D eigenvalue weighted by Crippen LogP contribution is 2.39. The molecule has 0 saturated heterocycles. The number of sulfone groups is 1. The van der Waals surface area contributed by atoms with Gasteiger partial charge in [0.1, 0.15) is 22.1 Å². The SMILES string of the molecule is CN=C(NCCS(=O)(=O)c1ccccc1F)NC1CC(C)(C)Oc2ccccc21. The molecule has 1 aliphatic heterocycles. The van der Waals surface area contributed by atoms with Gasteiger partial charge in [0, 0.05) is 25.6 Å². The Morgan fingerprint density at radius 2 is 1.90 bits per heavy atom. The van der Waals surface area contributed by atoms with Crippen molar-refractivity contribution in [2.75, 3.05) is 19.3 Å². The van der Waals surface area contributed by atoms with Crippen molar-refractivity contribution in [3.05, 3.63) is 59.9 Å². The van der Waals surface area contributed by atoms with Crippen LogP contribution in [0.2, 0.25) is 0 Å². The summed E-state index contributed by atoms with van der Waals surface area (Å²) in [5, 5.41) is 6.36. The highest BCUT2D eigenvalue weighted by Gasteiger charge is 2.34. The van der Waals surface area contributed by atoms with Gasteiger partial charge in [0.15, 0.2) is 15.8 Å². The summed E-state index contributed by atoms with van der Waals surface area (Å²) in [7, 11) is -2.11. The lowest BCUT2D eigenvalue weighted by atomic mass is 9.90. The van der Waals surface area contributed by atoms with Crippen LogP contribution in [0, 0.1) is 5.82 Å². The lowest BCUT2D eigenvalue weighted by Gasteiger charge is -2.38. The monoisotopic (exact) mass is 419 g/mol. The minimum Gasteiger partial charge on any atom is -0.487 e. The van der Waals surface area contributed by atoms with E-state index in [4.69, 9.17) is 4.74 Å². The molecule has 1 aliphatic rings. The second-order valence-electron chi connectivity index (χ2n) is 7.55. The Balaban J connectivity index is 1.65. The fourth-order valence-corrected chi connectivity index (χ4v) is 4.64. The largest absolute Gasteiger partial charge is 0.487 e. The highest BCUT2D eigenvalue weighted by molar-refractivity contribution is 7.91. The van der Waals surface area contributed by atoms with Crippen LogP contribution in [0.15, 0.2) is 58.4 Å². The first-order chi connectivity index (χ1) is 13.7. The second kappa shape index (κ2) is 8.41. The number of para-hydroxylation sites is 1. The van der Waals surface area contributed by atoms with Crippen molar-refractivity contribution in [3.63, 3.8) is 0 Å². The molecule has 2 aromatic carbocycles. The lowest BCUT2D eigenvalue weighted by molar-refractivity contribution is 0.0694. The molecule has 0 radical (unpaired) electrons. The van der Waals surface area contributed by atoms with Crippen molar-refractivity contribution in [1.29, 1.82) is 0 Å². The van der Waals surface area contributed by atoms with E-state index in [0.29, 0.717) is 5.96 Å². The lowest BCUT2D eigenvalue weighted by Crippen LogP contribution is -2.46. The molecule has 3 rings (SSSR count). The predicted octanol–water partition coefficient (Wildman–Crippen LogP) is 3.07. The van der Waals surface area contributed by atoms with Crippen LogP contribution < -0.4 is 15.4 Å². The van der Waals surface area contributed by atoms with Crippen molar-refractivity contribution >= 4 is 15.8 Å². The van der Waals surface area contributed by atoms with Gasteiger partial charge in [-0.1, -0.05) is 30.3 Å². The maximum atomic E-state index is 13.8. The molecule has 6 nitrogen and oxygen atoms in total. The molecule has 0 aliphatic carbocycles. The third-order valence-corrected chi connectivity index (χ3v) is 6.49. The van der Waals surface area contributed by atoms with Crippen LogP contribution in [0.1, 0.15) is 31.9 Å². The molecule has 8 heteroatoms. The number of nitrogens with one attached hydrogen (secondary N) is 2. The summed E-state index contributed by atoms with van der Waals surface area (Å²) in [6.45, 7) is 4.15. The minimum atomic E-state index is -3.74. The number of ether oxygens (including phenoxy) is 1. The molecule has 2 N–H and O–H groups in total. The summed E-state index contributed by atoms with van der Waals surface area (Å²) in [5.74, 6) is 0.311. The zero-order valence-corrected chi connectivity index (χ0v) is 17.6. The van der Waals surface area contributed by atoms with Crippen molar-refractivity contribution in [3.8, 4) is 5.75 Å². The number of aliphatic imine (C=N–C) groups is 1. The summed E-state index contributed by atoms with van der Waals surface area (Å²) >= 11 is 0. The minimum absolute atomic E-state index is 0.0377. The Morgan fingerprint density at radius 3 is 2.62 bits per heavy atom. The molecule has 0 amide bonds. The van der Waals surface area contributed by atoms with Gasteiger partial charge in [-0.15, -0.1) is 0 Å². The molecule has 1 unspecified atom stereocenters. The third-order valence-electron chi connectivity index (χ3n) is 4.75. The summed E-state index contributed by atoms with van der Waals surface area (Å²) in [6.07, 6.45) is 0.720. The van der Waals surface area contributed by atoms with E-state index in [2.05, 4.69) is 15.6 Å². The van der Waals surface area contributed by atoms with Crippen LogP contribution in [0.4, 0.5) is 4.39 Å². The number of nitrogens with zero attached hydrogens (tertiary/aromatic N) is 1. The van der Waals surface area contributed by atoms with Crippen LogP contribution in [0.25, 0.3) is 0 Å². The topological polar surface area (TPSA) is 79.8 Å². The number of rotatable bonds is 5. The fourth-order valence-electron chi connectivity index (χ4n) is 3.40. The van der Waals surface area contributed by atoms with E-state index in [1.807, 2.05) is 38.1 Å². The number of guanidine groups is 1. The van der Waals surface area contributed by atoms with E-state index in [1.165, 1.54) is 18.2 Å². The van der Waals surface area contributed by atoms with Crippen molar-refractivity contribution in [1.82, 2.24) is 10.6 Å². The zero-order chi connectivity index (χ0) is 21.1. The first kappa shape index (κ1) is 21.1. The first-order valence-corrected chi connectivity index (χ1v) is 11.1. The Bertz CT molecular complexity index is 1010. The number of hydrogen-bond acceptors (Lipinski definition) is 4. The molecule has 1 heterocycles. The maximum Gasteiger partial charge on any atom is 0.191 e. The molecule has 1 atom stereocenters. The van der Waals surface area contributed by atoms with Gasteiger partial charge in [-0.25, -0.2) is 12.8 Å². The van der Waals surface area contributed by atoms with E-state index in [9.17, 15) is 12.8 Å². The molecule has 0 bridgehead atoms. The van der Waals surface area contributed by atoms with Crippen LogP contribution in [0.5, 0.6) is 5.75 Å². The number of halogens is 1. The Kier molecular flexibility index (Phi) is 6.12. The van der Waals surface area contributed by atoms with Gasteiger partial charge in [-0.05, 0) is 32.0 Å². The molecular weight excluding hydrogens is 393 g/mol. The first-order valence-electron chi connectivity index (χ1n) is 9.44. The van der Waals surface area contributed by atoms with Gasteiger partial charge in [0.2, 0.25) is 0 Å². The molecule has 0 aromatic heterocycles. The number of benzene rings is 2. The van der Waals surface area contributed by atoms with Gasteiger partial charge in [-0.3, -0.25) is 4.99 Å². The Hall–Kier alpha value is -2.61. The smallest absolute Gasteiger partial charge is 0.191 e. The van der Waals surface area contributed by atoms with Crippen LogP contribution in [-0.2, 0) is 9.84 Å². The fraction of sp³-hybridized carbons (Fsp3) is 0.381. The van der Waals surface area contributed by atoms with Crippen molar-refractivity contribution in [2.45, 2.75) is 36.8 Å². The molecule has 0 fully saturated rings. The van der Waals surface area contributed by atoms with E-state index >= 15 is 0 Å². The third kappa shape index (κ3) is 5.06. The molecule has 0 saturated carbocycles. The molecule has 0 spiro atoms. The predicted molar refractivity (Wildman–Crippen MR) is 111 cm³/mol. The highest BCUT2D eigenvalue weighted by atomic mass is 32.2.